The first-order chi connectivity index (χ1) is 7.38. The summed E-state index contributed by atoms with van der Waals surface area (Å²) in [6.45, 7) is 0. The zero-order valence-corrected chi connectivity index (χ0v) is 10.2. The predicted molar refractivity (Wildman–Crippen MR) is 59.3 cm³/mol. The minimum absolute atomic E-state index is 0.0948. The van der Waals surface area contributed by atoms with Gasteiger partial charge in [0.2, 0.25) is 0 Å². The van der Waals surface area contributed by atoms with Gasteiger partial charge in [-0.2, -0.15) is 11.8 Å². The Morgan fingerprint density at radius 1 is 1.62 bits per heavy atom. The Hall–Kier alpha value is -1.02. The number of carboxylic acid groups (broad SMARTS) is 1. The Labute approximate surface area is 96.9 Å². The number of thioether (sulfide) groups is 1. The lowest BCUT2D eigenvalue weighted by atomic mass is 10.4. The number of carbonyl (C=O) groups is 1. The molecule has 0 aliphatic carbocycles. The smallest absolute Gasteiger partial charge is 0.358 e. The molecule has 90 valence electrons. The summed E-state index contributed by atoms with van der Waals surface area (Å²) in [6.07, 6.45) is 1.17. The van der Waals surface area contributed by atoms with E-state index in [1.807, 2.05) is 0 Å². The van der Waals surface area contributed by atoms with Crippen LogP contribution >= 0.6 is 11.8 Å². The van der Waals surface area contributed by atoms with E-state index in [1.165, 1.54) is 24.1 Å². The zero-order valence-electron chi connectivity index (χ0n) is 8.54. The van der Waals surface area contributed by atoms with Crippen LogP contribution < -0.4 is 0 Å². The van der Waals surface area contributed by atoms with Gasteiger partial charge in [-0.25, -0.2) is 13.2 Å². The monoisotopic (exact) mass is 265 g/mol. The molecule has 0 saturated heterocycles. The van der Waals surface area contributed by atoms with E-state index >= 15 is 0 Å². The third-order valence-corrected chi connectivity index (χ3v) is 3.81. The summed E-state index contributed by atoms with van der Waals surface area (Å²) in [7, 11) is -2.95. The molecular weight excluding hydrogens is 254 g/mol. The second-order valence-electron chi connectivity index (χ2n) is 3.17. The molecule has 1 aromatic rings. The molecule has 6 nitrogen and oxygen atoms in total. The van der Waals surface area contributed by atoms with Crippen molar-refractivity contribution in [3.05, 3.63) is 17.5 Å². The third-order valence-electron chi connectivity index (χ3n) is 1.62. The van der Waals surface area contributed by atoms with Crippen LogP contribution in [0.15, 0.2) is 10.6 Å². The zero-order chi connectivity index (χ0) is 12.2. The molecule has 0 fully saturated rings. The fourth-order valence-electron chi connectivity index (χ4n) is 0.865. The minimum Gasteiger partial charge on any atom is -0.476 e. The lowest BCUT2D eigenvalue weighted by molar-refractivity contribution is 0.0685. The summed E-state index contributed by atoms with van der Waals surface area (Å²) >= 11 is 1.35. The summed E-state index contributed by atoms with van der Waals surface area (Å²) in [5.74, 6) is 0.238. The van der Waals surface area contributed by atoms with E-state index in [2.05, 4.69) is 5.16 Å². The molecule has 1 aromatic heterocycles. The van der Waals surface area contributed by atoms with Crippen molar-refractivity contribution < 1.29 is 22.8 Å². The molecule has 0 radical (unpaired) electrons. The van der Waals surface area contributed by atoms with Gasteiger partial charge in [-0.05, 0) is 0 Å². The Bertz CT molecular complexity index is 465. The number of hydrogen-bond donors (Lipinski definition) is 1. The number of hydrogen-bond acceptors (Lipinski definition) is 6. The number of carboxylic acids is 1. The summed E-state index contributed by atoms with van der Waals surface area (Å²) < 4.78 is 26.4. The summed E-state index contributed by atoms with van der Waals surface area (Å²) in [4.78, 5) is 10.5. The van der Waals surface area contributed by atoms with Gasteiger partial charge in [0.1, 0.15) is 15.6 Å². The van der Waals surface area contributed by atoms with Crippen LogP contribution in [-0.2, 0) is 15.6 Å². The molecule has 1 rings (SSSR count). The fraction of sp³-hybridized carbons (Fsp3) is 0.500. The van der Waals surface area contributed by atoms with E-state index in [4.69, 9.17) is 9.63 Å². The molecule has 0 saturated carbocycles. The highest BCUT2D eigenvalue weighted by atomic mass is 32.2. The second-order valence-corrected chi connectivity index (χ2v) is 6.53. The topological polar surface area (TPSA) is 97.5 Å². The van der Waals surface area contributed by atoms with Gasteiger partial charge in [0.15, 0.2) is 5.69 Å². The average molecular weight is 265 g/mol. The first-order valence-electron chi connectivity index (χ1n) is 4.33. The quantitative estimate of drug-likeness (QED) is 0.754. The molecular formula is C8H11NO5S2. The molecule has 0 atom stereocenters. The average Bonchev–Trinajstić information content (AvgIpc) is 2.59. The highest BCUT2D eigenvalue weighted by molar-refractivity contribution is 7.99. The van der Waals surface area contributed by atoms with Crippen molar-refractivity contribution in [2.75, 3.05) is 17.8 Å². The van der Waals surface area contributed by atoms with E-state index in [-0.39, 0.29) is 11.4 Å². The van der Waals surface area contributed by atoms with Crippen molar-refractivity contribution in [2.24, 2.45) is 0 Å². The molecule has 16 heavy (non-hydrogen) atoms. The highest BCUT2D eigenvalue weighted by Crippen LogP contribution is 2.13. The van der Waals surface area contributed by atoms with E-state index in [0.29, 0.717) is 17.3 Å². The van der Waals surface area contributed by atoms with Crippen LogP contribution in [0.25, 0.3) is 0 Å². The maximum Gasteiger partial charge on any atom is 0.358 e. The third kappa shape index (κ3) is 4.67. The first-order valence-corrected chi connectivity index (χ1v) is 7.54. The van der Waals surface area contributed by atoms with Gasteiger partial charge >= 0.3 is 5.97 Å². The van der Waals surface area contributed by atoms with Crippen molar-refractivity contribution in [1.29, 1.82) is 0 Å². The van der Waals surface area contributed by atoms with Gasteiger partial charge in [0.25, 0.3) is 0 Å². The number of aromatic nitrogens is 1. The Balaban J connectivity index is 2.35. The lowest BCUT2D eigenvalue weighted by Gasteiger charge is -1.96. The minimum atomic E-state index is -2.95. The molecule has 0 amide bonds. The van der Waals surface area contributed by atoms with Crippen LogP contribution in [-0.4, -0.2) is 42.4 Å². The molecule has 0 aromatic carbocycles. The van der Waals surface area contributed by atoms with E-state index in [9.17, 15) is 13.2 Å². The SMILES string of the molecule is CS(=O)(=O)CCSCc1cc(C(=O)O)no1. The van der Waals surface area contributed by atoms with Crippen LogP contribution in [0.2, 0.25) is 0 Å². The molecule has 0 spiro atoms. The van der Waals surface area contributed by atoms with E-state index in [0.717, 1.165) is 0 Å². The molecule has 1 heterocycles. The number of rotatable bonds is 6. The summed E-state index contributed by atoms with van der Waals surface area (Å²) in [5.41, 5.74) is -0.140. The standard InChI is InChI=1S/C8H11NO5S2/c1-16(12,13)3-2-15-5-6-4-7(8(10)11)9-14-6/h4H,2-3,5H2,1H3,(H,10,11). The van der Waals surface area contributed by atoms with Crippen molar-refractivity contribution in [2.45, 2.75) is 5.75 Å². The van der Waals surface area contributed by atoms with Gasteiger partial charge in [0, 0.05) is 18.1 Å². The Morgan fingerprint density at radius 2 is 2.31 bits per heavy atom. The second kappa shape index (κ2) is 5.35. The Kier molecular flexibility index (Phi) is 4.36. The molecule has 0 bridgehead atoms. The van der Waals surface area contributed by atoms with Crippen LogP contribution in [0.1, 0.15) is 16.2 Å². The van der Waals surface area contributed by atoms with Crippen LogP contribution in [0.4, 0.5) is 0 Å². The molecule has 0 aliphatic heterocycles. The normalized spacial score (nSPS) is 11.6. The van der Waals surface area contributed by atoms with Crippen LogP contribution in [0.5, 0.6) is 0 Å². The number of sulfone groups is 1. The molecule has 0 unspecified atom stereocenters. The lowest BCUT2D eigenvalue weighted by Crippen LogP contribution is -2.05. The molecule has 8 heteroatoms. The first kappa shape index (κ1) is 13.0. The molecule has 0 aliphatic rings. The van der Waals surface area contributed by atoms with Crippen molar-refractivity contribution in [3.63, 3.8) is 0 Å². The predicted octanol–water partition coefficient (Wildman–Crippen LogP) is 0.651. The van der Waals surface area contributed by atoms with Crippen LogP contribution in [0.3, 0.4) is 0 Å². The Morgan fingerprint density at radius 3 is 2.81 bits per heavy atom. The largest absolute Gasteiger partial charge is 0.476 e. The summed E-state index contributed by atoms with van der Waals surface area (Å²) in [5, 5.41) is 11.9. The fourth-order valence-corrected chi connectivity index (χ4v) is 3.03. The van der Waals surface area contributed by atoms with Crippen molar-refractivity contribution in [3.8, 4) is 0 Å². The van der Waals surface area contributed by atoms with E-state index < -0.39 is 15.8 Å². The van der Waals surface area contributed by atoms with E-state index in [1.54, 1.807) is 0 Å². The molecule has 1 N–H and O–H groups in total. The van der Waals surface area contributed by atoms with Gasteiger partial charge in [-0.15, -0.1) is 0 Å². The van der Waals surface area contributed by atoms with Gasteiger partial charge in [0.05, 0.1) is 11.5 Å². The maximum absolute atomic E-state index is 10.8. The maximum atomic E-state index is 10.8. The summed E-state index contributed by atoms with van der Waals surface area (Å²) in [6, 6.07) is 1.33. The number of aromatic carboxylic acids is 1. The van der Waals surface area contributed by atoms with Gasteiger partial charge in [-0.3, -0.25) is 0 Å². The number of nitrogens with zero attached hydrogens (tertiary/aromatic N) is 1. The van der Waals surface area contributed by atoms with Gasteiger partial charge < -0.3 is 9.63 Å². The highest BCUT2D eigenvalue weighted by Gasteiger charge is 2.10. The van der Waals surface area contributed by atoms with Gasteiger partial charge in [-0.1, -0.05) is 5.16 Å². The van der Waals surface area contributed by atoms with Crippen molar-refractivity contribution in [1.82, 2.24) is 5.16 Å². The van der Waals surface area contributed by atoms with Crippen LogP contribution in [0, 0.1) is 0 Å². The van der Waals surface area contributed by atoms with Crippen molar-refractivity contribution >= 4 is 27.6 Å².